The highest BCUT2D eigenvalue weighted by atomic mass is 19.3. The second kappa shape index (κ2) is 8.22. The van der Waals surface area contributed by atoms with Gasteiger partial charge in [0.2, 0.25) is 0 Å². The number of imide groups is 1. The number of carbonyl (C=O) groups is 2. The van der Waals surface area contributed by atoms with Gasteiger partial charge in [-0.1, -0.05) is 18.2 Å². The highest BCUT2D eigenvalue weighted by Gasteiger charge is 2.50. The molecule has 2 aliphatic rings. The van der Waals surface area contributed by atoms with E-state index in [0.717, 1.165) is 17.5 Å². The molecule has 1 saturated heterocycles. The average Bonchev–Trinajstić information content (AvgIpc) is 3.28. The minimum atomic E-state index is -3.37. The van der Waals surface area contributed by atoms with Crippen LogP contribution in [-0.4, -0.2) is 51.2 Å². The molecule has 3 aromatic rings. The zero-order valence-corrected chi connectivity index (χ0v) is 17.9. The van der Waals surface area contributed by atoms with E-state index in [1.807, 2.05) is 6.07 Å². The van der Waals surface area contributed by atoms with E-state index in [4.69, 9.17) is 0 Å². The average molecular weight is 454 g/mol. The molecule has 3 N–H and O–H groups in total. The molecule has 7 nitrogen and oxygen atoms in total. The number of nitrogens with zero attached hydrogens (tertiary/aromatic N) is 2. The van der Waals surface area contributed by atoms with E-state index in [-0.39, 0.29) is 31.5 Å². The van der Waals surface area contributed by atoms with Gasteiger partial charge in [-0.25, -0.2) is 13.6 Å². The maximum absolute atomic E-state index is 15.5. The molecule has 0 radical (unpaired) electrons. The molecule has 1 aliphatic heterocycles. The summed E-state index contributed by atoms with van der Waals surface area (Å²) in [5, 5.41) is 20.6. The Hall–Kier alpha value is -3.33. The van der Waals surface area contributed by atoms with Crippen molar-refractivity contribution in [3.05, 3.63) is 64.8 Å². The Morgan fingerprint density at radius 1 is 1.18 bits per heavy atom. The fourth-order valence-electron chi connectivity index (χ4n) is 4.84. The van der Waals surface area contributed by atoms with Gasteiger partial charge < -0.3 is 10.0 Å². The van der Waals surface area contributed by atoms with Crippen molar-refractivity contribution in [3.8, 4) is 0 Å². The van der Waals surface area contributed by atoms with Crippen molar-refractivity contribution in [2.75, 3.05) is 13.1 Å². The van der Waals surface area contributed by atoms with Gasteiger partial charge in [0.15, 0.2) is 0 Å². The van der Waals surface area contributed by atoms with Crippen molar-refractivity contribution in [3.63, 3.8) is 0 Å². The van der Waals surface area contributed by atoms with Gasteiger partial charge in [0.25, 0.3) is 11.8 Å². The number of carbonyl (C=O) groups excluding carboxylic acids is 2. The number of fused-ring (bicyclic) bond motifs is 2. The smallest absolute Gasteiger partial charge is 0.324 e. The summed E-state index contributed by atoms with van der Waals surface area (Å²) in [6.45, 7) is 0.153. The first-order valence-corrected chi connectivity index (χ1v) is 11.0. The number of aromatic nitrogens is 2. The number of likely N-dealkylation sites (tertiary alicyclic amines) is 1. The fourth-order valence-corrected chi connectivity index (χ4v) is 4.84. The predicted molar refractivity (Wildman–Crippen MR) is 117 cm³/mol. The van der Waals surface area contributed by atoms with Gasteiger partial charge >= 0.3 is 6.03 Å². The first-order valence-electron chi connectivity index (χ1n) is 11.0. The summed E-state index contributed by atoms with van der Waals surface area (Å²) >= 11 is 0. The van der Waals surface area contributed by atoms with Crippen molar-refractivity contribution in [1.82, 2.24) is 20.4 Å². The molecule has 1 fully saturated rings. The van der Waals surface area contributed by atoms with Crippen LogP contribution in [0.15, 0.2) is 42.6 Å². The summed E-state index contributed by atoms with van der Waals surface area (Å²) < 4.78 is 30.9. The lowest BCUT2D eigenvalue weighted by Crippen LogP contribution is -2.49. The van der Waals surface area contributed by atoms with E-state index < -0.39 is 29.9 Å². The third kappa shape index (κ3) is 3.76. The fraction of sp³-hybridized carbons (Fsp3) is 0.375. The van der Waals surface area contributed by atoms with Crippen LogP contribution in [0.1, 0.15) is 46.0 Å². The van der Waals surface area contributed by atoms with E-state index in [2.05, 4.69) is 15.5 Å². The van der Waals surface area contributed by atoms with Crippen LogP contribution in [0.2, 0.25) is 0 Å². The number of halogens is 2. The second-order valence-corrected chi connectivity index (χ2v) is 8.73. The number of piperidine rings is 1. The summed E-state index contributed by atoms with van der Waals surface area (Å²) in [5.74, 6) is -4.99. The molecule has 0 unspecified atom stereocenters. The number of aromatic amines is 1. The van der Waals surface area contributed by atoms with E-state index in [0.29, 0.717) is 22.9 Å². The quantitative estimate of drug-likeness (QED) is 0.561. The van der Waals surface area contributed by atoms with Gasteiger partial charge in [-0.15, -0.1) is 0 Å². The molecule has 9 heteroatoms. The lowest BCUT2D eigenvalue weighted by Gasteiger charge is -2.38. The third-order valence-electron chi connectivity index (χ3n) is 6.85. The zero-order chi connectivity index (χ0) is 23.2. The van der Waals surface area contributed by atoms with Gasteiger partial charge in [0.1, 0.15) is 6.10 Å². The van der Waals surface area contributed by atoms with Gasteiger partial charge in [0, 0.05) is 35.5 Å². The van der Waals surface area contributed by atoms with Crippen molar-refractivity contribution >= 4 is 22.8 Å². The van der Waals surface area contributed by atoms with Gasteiger partial charge in [-0.3, -0.25) is 15.2 Å². The molecule has 172 valence electrons. The minimum Gasteiger partial charge on any atom is -0.382 e. The van der Waals surface area contributed by atoms with Crippen LogP contribution in [0.5, 0.6) is 0 Å². The number of amides is 3. The number of aliphatic hydroxyl groups is 1. The molecule has 2 heterocycles. The highest BCUT2D eigenvalue weighted by molar-refractivity contribution is 6.04. The lowest BCUT2D eigenvalue weighted by atomic mass is 9.77. The summed E-state index contributed by atoms with van der Waals surface area (Å²) in [6, 6.07) is 9.65. The molecule has 3 amide bonds. The Bertz CT molecular complexity index is 1200. The van der Waals surface area contributed by atoms with Crippen molar-refractivity contribution < 1.29 is 23.5 Å². The first kappa shape index (κ1) is 21.5. The monoisotopic (exact) mass is 454 g/mol. The molecule has 0 spiro atoms. The molecule has 33 heavy (non-hydrogen) atoms. The standard InChI is InChI=1S/C24H24F2N4O3/c25-24(26,21(31)19-18-7-6-15(18)12-16-13-27-29-20(16)19)17-8-10-30(11-9-17)23(33)28-22(32)14-4-2-1-3-5-14/h1-5,12-13,17,21,31H,6-11H2,(H,27,29)(H,28,32,33)/t21-/m1/s1. The van der Waals surface area contributed by atoms with Crippen molar-refractivity contribution in [2.45, 2.75) is 37.7 Å². The lowest BCUT2D eigenvalue weighted by molar-refractivity contribution is -0.159. The third-order valence-corrected chi connectivity index (χ3v) is 6.85. The number of hydrogen-bond donors (Lipinski definition) is 3. The number of alkyl halides is 2. The number of aliphatic hydroxyl groups excluding tert-OH is 1. The van der Waals surface area contributed by atoms with Crippen molar-refractivity contribution in [2.24, 2.45) is 5.92 Å². The molecular formula is C24H24F2N4O3. The maximum Gasteiger partial charge on any atom is 0.324 e. The van der Waals surface area contributed by atoms with Crippen LogP contribution < -0.4 is 5.32 Å². The summed E-state index contributed by atoms with van der Waals surface area (Å²) in [7, 11) is 0. The molecule has 1 atom stereocenters. The number of urea groups is 1. The van der Waals surface area contributed by atoms with Crippen LogP contribution in [0.4, 0.5) is 13.6 Å². The Balaban J connectivity index is 1.26. The normalized spacial score (nSPS) is 17.4. The molecule has 0 bridgehead atoms. The molecule has 2 aromatic carbocycles. The highest BCUT2D eigenvalue weighted by Crippen LogP contribution is 2.46. The molecular weight excluding hydrogens is 430 g/mol. The maximum atomic E-state index is 15.5. The van der Waals surface area contributed by atoms with Crippen LogP contribution in [-0.2, 0) is 12.8 Å². The van der Waals surface area contributed by atoms with Crippen LogP contribution >= 0.6 is 0 Å². The Morgan fingerprint density at radius 3 is 2.58 bits per heavy atom. The number of rotatable bonds is 4. The largest absolute Gasteiger partial charge is 0.382 e. The van der Waals surface area contributed by atoms with Gasteiger partial charge in [0.05, 0.1) is 11.7 Å². The summed E-state index contributed by atoms with van der Waals surface area (Å²) in [4.78, 5) is 26.0. The molecule has 1 aromatic heterocycles. The van der Waals surface area contributed by atoms with E-state index >= 15 is 8.78 Å². The molecule has 5 rings (SSSR count). The topological polar surface area (TPSA) is 98.3 Å². The van der Waals surface area contributed by atoms with E-state index in [9.17, 15) is 14.7 Å². The van der Waals surface area contributed by atoms with Crippen LogP contribution in [0, 0.1) is 5.92 Å². The number of nitrogens with one attached hydrogen (secondary N) is 2. The SMILES string of the molecule is O=C(NC(=O)N1CCC(C(F)(F)[C@H](O)c2c3c(cc4cn[nH]c24)CC3)CC1)c1ccccc1. The van der Waals surface area contributed by atoms with Crippen LogP contribution in [0.3, 0.4) is 0 Å². The predicted octanol–water partition coefficient (Wildman–Crippen LogP) is 3.59. The number of aryl methyl sites for hydroxylation is 1. The van der Waals surface area contributed by atoms with Gasteiger partial charge in [-0.05, 0) is 55.0 Å². The Kier molecular flexibility index (Phi) is 5.36. The van der Waals surface area contributed by atoms with E-state index in [1.165, 1.54) is 4.90 Å². The van der Waals surface area contributed by atoms with Crippen LogP contribution in [0.25, 0.3) is 10.9 Å². The zero-order valence-electron chi connectivity index (χ0n) is 17.9. The second-order valence-electron chi connectivity index (χ2n) is 8.73. The molecule has 0 saturated carbocycles. The number of H-pyrrole nitrogens is 1. The summed E-state index contributed by atoms with van der Waals surface area (Å²) in [5.41, 5.74) is 2.79. The number of hydrogen-bond acceptors (Lipinski definition) is 4. The van der Waals surface area contributed by atoms with Crippen molar-refractivity contribution in [1.29, 1.82) is 0 Å². The van der Waals surface area contributed by atoms with E-state index in [1.54, 1.807) is 36.5 Å². The first-order chi connectivity index (χ1) is 15.9. The minimum absolute atomic E-state index is 0.0259. The summed E-state index contributed by atoms with van der Waals surface area (Å²) in [6.07, 6.45) is 1.13. The Labute approximate surface area is 188 Å². The Morgan fingerprint density at radius 2 is 1.91 bits per heavy atom. The number of benzene rings is 2. The molecule has 1 aliphatic carbocycles. The van der Waals surface area contributed by atoms with Gasteiger partial charge in [-0.2, -0.15) is 5.10 Å².